The van der Waals surface area contributed by atoms with E-state index in [1.54, 1.807) is 32.2 Å². The lowest BCUT2D eigenvalue weighted by Crippen LogP contribution is -2.36. The van der Waals surface area contributed by atoms with Crippen molar-refractivity contribution >= 4 is 11.9 Å². The zero-order chi connectivity index (χ0) is 19.8. The van der Waals surface area contributed by atoms with Crippen molar-refractivity contribution < 1.29 is 23.8 Å². The van der Waals surface area contributed by atoms with Gasteiger partial charge in [0.05, 0.1) is 19.8 Å². The lowest BCUT2D eigenvalue weighted by atomic mass is 10.1. The van der Waals surface area contributed by atoms with Gasteiger partial charge in [0.2, 0.25) is 0 Å². The Kier molecular flexibility index (Phi) is 7.23. The van der Waals surface area contributed by atoms with Crippen molar-refractivity contribution in [1.82, 2.24) is 5.32 Å². The van der Waals surface area contributed by atoms with Gasteiger partial charge < -0.3 is 19.5 Å². The molecule has 6 nitrogen and oxygen atoms in total. The molecule has 1 atom stereocenters. The first-order valence-corrected chi connectivity index (χ1v) is 8.71. The molecule has 0 aliphatic rings. The van der Waals surface area contributed by atoms with Gasteiger partial charge in [-0.3, -0.25) is 4.79 Å². The summed E-state index contributed by atoms with van der Waals surface area (Å²) in [6.45, 7) is 3.88. The Balaban J connectivity index is 1.82. The Labute approximate surface area is 159 Å². The van der Waals surface area contributed by atoms with Crippen molar-refractivity contribution in [3.05, 3.63) is 59.2 Å². The average molecular weight is 371 g/mol. The Hall–Kier alpha value is -3.02. The van der Waals surface area contributed by atoms with Crippen LogP contribution >= 0.6 is 0 Å². The van der Waals surface area contributed by atoms with Gasteiger partial charge >= 0.3 is 5.97 Å². The molecule has 0 bridgehead atoms. The van der Waals surface area contributed by atoms with Crippen LogP contribution in [0, 0.1) is 6.92 Å². The average Bonchev–Trinajstić information content (AvgIpc) is 2.68. The first-order chi connectivity index (χ1) is 12.9. The first-order valence-electron chi connectivity index (χ1n) is 8.71. The Morgan fingerprint density at radius 3 is 2.37 bits per heavy atom. The number of ether oxygens (including phenoxy) is 3. The summed E-state index contributed by atoms with van der Waals surface area (Å²) in [5.74, 6) is 0.485. The highest BCUT2D eigenvalue weighted by molar-refractivity contribution is 5.92. The van der Waals surface area contributed by atoms with Crippen molar-refractivity contribution in [2.75, 3.05) is 20.8 Å². The lowest BCUT2D eigenvalue weighted by Gasteiger charge is -2.14. The van der Waals surface area contributed by atoms with Crippen LogP contribution in [0.15, 0.2) is 42.5 Å². The summed E-state index contributed by atoms with van der Waals surface area (Å²) < 4.78 is 15.6. The van der Waals surface area contributed by atoms with Gasteiger partial charge in [0.1, 0.15) is 11.5 Å². The van der Waals surface area contributed by atoms with E-state index in [1.165, 1.54) is 7.11 Å². The summed E-state index contributed by atoms with van der Waals surface area (Å²) in [5.41, 5.74) is 2.33. The van der Waals surface area contributed by atoms with Gasteiger partial charge in [-0.1, -0.05) is 18.2 Å². The maximum absolute atomic E-state index is 12.2. The molecule has 0 radical (unpaired) electrons. The molecule has 2 rings (SSSR count). The van der Waals surface area contributed by atoms with E-state index in [9.17, 15) is 9.59 Å². The highest BCUT2D eigenvalue weighted by atomic mass is 16.5. The molecule has 0 aromatic heterocycles. The summed E-state index contributed by atoms with van der Waals surface area (Å²) in [6.07, 6.45) is -0.216. The fourth-order valence-corrected chi connectivity index (χ4v) is 2.50. The van der Waals surface area contributed by atoms with Crippen LogP contribution < -0.4 is 14.8 Å². The van der Waals surface area contributed by atoms with Gasteiger partial charge in [-0.05, 0) is 55.7 Å². The molecule has 0 aliphatic heterocycles. The van der Waals surface area contributed by atoms with E-state index in [-0.39, 0.29) is 5.91 Å². The van der Waals surface area contributed by atoms with Crippen molar-refractivity contribution in [3.63, 3.8) is 0 Å². The van der Waals surface area contributed by atoms with E-state index >= 15 is 0 Å². The number of hydrogen-bond donors (Lipinski definition) is 1. The fraction of sp³-hybridized carbons (Fsp3) is 0.333. The number of hydrogen-bond acceptors (Lipinski definition) is 5. The van der Waals surface area contributed by atoms with E-state index in [0.717, 1.165) is 16.9 Å². The fourth-order valence-electron chi connectivity index (χ4n) is 2.50. The number of rotatable bonds is 8. The number of carbonyl (C=O) groups excluding carboxylic acids is 2. The number of esters is 1. The second-order valence-electron chi connectivity index (χ2n) is 6.12. The highest BCUT2D eigenvalue weighted by Crippen LogP contribution is 2.19. The zero-order valence-electron chi connectivity index (χ0n) is 16.1. The number of methoxy groups -OCH3 is 2. The van der Waals surface area contributed by atoms with Crippen LogP contribution in [-0.2, 0) is 16.0 Å². The van der Waals surface area contributed by atoms with Crippen LogP contribution in [0.3, 0.4) is 0 Å². The van der Waals surface area contributed by atoms with Crippen molar-refractivity contribution in [3.8, 4) is 11.5 Å². The maximum Gasteiger partial charge on any atom is 0.339 e. The molecule has 0 unspecified atom stereocenters. The van der Waals surface area contributed by atoms with Crippen LogP contribution in [0.5, 0.6) is 11.5 Å². The summed E-state index contributed by atoms with van der Waals surface area (Å²) in [5, 5.41) is 2.78. The van der Waals surface area contributed by atoms with Crippen molar-refractivity contribution in [2.45, 2.75) is 26.4 Å². The predicted molar refractivity (Wildman–Crippen MR) is 102 cm³/mol. The lowest BCUT2D eigenvalue weighted by molar-refractivity contribution is -0.129. The standard InChI is InChI=1S/C21H25NO5/c1-14-5-8-17(13-19(14)26-4)21(24)27-15(2)20(23)22-12-11-16-6-9-18(25-3)10-7-16/h5-10,13,15H,11-12H2,1-4H3,(H,22,23)/t15-/m0/s1. The topological polar surface area (TPSA) is 73.9 Å². The molecular formula is C21H25NO5. The number of carbonyl (C=O) groups is 2. The van der Waals surface area contributed by atoms with Crippen LogP contribution in [0.25, 0.3) is 0 Å². The predicted octanol–water partition coefficient (Wildman–Crippen LogP) is 2.92. The molecule has 0 fully saturated rings. The third-order valence-corrected chi connectivity index (χ3v) is 4.17. The summed E-state index contributed by atoms with van der Waals surface area (Å²) in [7, 11) is 3.15. The Bertz CT molecular complexity index is 786. The summed E-state index contributed by atoms with van der Waals surface area (Å²) in [4.78, 5) is 24.4. The number of aryl methyl sites for hydroxylation is 1. The minimum atomic E-state index is -0.888. The molecule has 0 heterocycles. The van der Waals surface area contributed by atoms with Crippen molar-refractivity contribution in [2.24, 2.45) is 0 Å². The van der Waals surface area contributed by atoms with E-state index in [1.807, 2.05) is 31.2 Å². The quantitative estimate of drug-likeness (QED) is 0.722. The van der Waals surface area contributed by atoms with Crippen LogP contribution in [0.1, 0.15) is 28.4 Å². The maximum atomic E-state index is 12.2. The van der Waals surface area contributed by atoms with E-state index < -0.39 is 12.1 Å². The monoisotopic (exact) mass is 371 g/mol. The van der Waals surface area contributed by atoms with Gasteiger partial charge in [-0.2, -0.15) is 0 Å². The SMILES string of the molecule is COc1ccc(CCNC(=O)[C@H](C)OC(=O)c2ccc(C)c(OC)c2)cc1. The third kappa shape index (κ3) is 5.74. The minimum Gasteiger partial charge on any atom is -0.497 e. The zero-order valence-corrected chi connectivity index (χ0v) is 16.1. The highest BCUT2D eigenvalue weighted by Gasteiger charge is 2.19. The molecule has 2 aromatic rings. The Morgan fingerprint density at radius 2 is 1.74 bits per heavy atom. The molecule has 6 heteroatoms. The van der Waals surface area contributed by atoms with Gasteiger partial charge in [0.15, 0.2) is 6.10 Å². The molecule has 0 spiro atoms. The molecule has 0 saturated carbocycles. The van der Waals surface area contributed by atoms with E-state index in [4.69, 9.17) is 14.2 Å². The van der Waals surface area contributed by atoms with Crippen LogP contribution in [-0.4, -0.2) is 38.7 Å². The van der Waals surface area contributed by atoms with Crippen LogP contribution in [0.4, 0.5) is 0 Å². The van der Waals surface area contributed by atoms with Crippen LogP contribution in [0.2, 0.25) is 0 Å². The number of benzene rings is 2. The smallest absolute Gasteiger partial charge is 0.339 e. The van der Waals surface area contributed by atoms with Gasteiger partial charge in [0.25, 0.3) is 5.91 Å². The van der Waals surface area contributed by atoms with Gasteiger partial charge in [-0.15, -0.1) is 0 Å². The third-order valence-electron chi connectivity index (χ3n) is 4.17. The number of nitrogens with one attached hydrogen (secondary N) is 1. The number of amides is 1. The van der Waals surface area contributed by atoms with Gasteiger partial charge in [0, 0.05) is 6.54 Å². The molecule has 2 aromatic carbocycles. The Morgan fingerprint density at radius 1 is 1.04 bits per heavy atom. The summed E-state index contributed by atoms with van der Waals surface area (Å²) in [6, 6.07) is 12.7. The van der Waals surface area contributed by atoms with Crippen molar-refractivity contribution in [1.29, 1.82) is 0 Å². The molecule has 144 valence electrons. The molecule has 0 aliphatic carbocycles. The first kappa shape index (κ1) is 20.3. The van der Waals surface area contributed by atoms with E-state index in [0.29, 0.717) is 24.3 Å². The largest absolute Gasteiger partial charge is 0.497 e. The molecular weight excluding hydrogens is 346 g/mol. The normalized spacial score (nSPS) is 11.4. The minimum absolute atomic E-state index is 0.337. The molecule has 27 heavy (non-hydrogen) atoms. The van der Waals surface area contributed by atoms with Gasteiger partial charge in [-0.25, -0.2) is 4.79 Å². The molecule has 1 amide bonds. The molecule has 0 saturated heterocycles. The van der Waals surface area contributed by atoms with E-state index in [2.05, 4.69) is 5.32 Å². The second-order valence-corrected chi connectivity index (χ2v) is 6.12. The summed E-state index contributed by atoms with van der Waals surface area (Å²) >= 11 is 0. The second kappa shape index (κ2) is 9.62. The molecule has 1 N–H and O–H groups in total.